The molecule has 0 saturated carbocycles. The second kappa shape index (κ2) is 9.85. The Morgan fingerprint density at radius 2 is 1.91 bits per heavy atom. The molecule has 1 saturated heterocycles. The largest absolute Gasteiger partial charge is 0.419 e. The summed E-state index contributed by atoms with van der Waals surface area (Å²) < 4.78 is 74.1. The van der Waals surface area contributed by atoms with Crippen LogP contribution in [0.1, 0.15) is 16.8 Å². The van der Waals surface area contributed by atoms with Gasteiger partial charge in [0.1, 0.15) is 12.1 Å². The fraction of sp³-hybridized carbons (Fsp3) is 0.318. The normalized spacial score (nSPS) is 14.9. The number of carbonyl (C=O) groups excluding carboxylic acids is 1. The van der Waals surface area contributed by atoms with E-state index in [1.807, 2.05) is 0 Å². The van der Waals surface area contributed by atoms with Gasteiger partial charge >= 0.3 is 6.18 Å². The van der Waals surface area contributed by atoms with Crippen molar-refractivity contribution in [2.45, 2.75) is 19.1 Å². The summed E-state index contributed by atoms with van der Waals surface area (Å²) in [7, 11) is 0. The predicted molar refractivity (Wildman–Crippen MR) is 111 cm³/mol. The maximum Gasteiger partial charge on any atom is 0.419 e. The van der Waals surface area contributed by atoms with Crippen LogP contribution in [-0.4, -0.2) is 51.6 Å². The Morgan fingerprint density at radius 3 is 2.62 bits per heavy atom. The van der Waals surface area contributed by atoms with E-state index in [2.05, 4.69) is 20.2 Å². The molecule has 3 heterocycles. The molecule has 34 heavy (non-hydrogen) atoms. The van der Waals surface area contributed by atoms with Gasteiger partial charge in [-0.3, -0.25) is 14.3 Å². The lowest BCUT2D eigenvalue weighted by molar-refractivity contribution is -0.140. The van der Waals surface area contributed by atoms with Gasteiger partial charge < -0.3 is 10.1 Å². The average Bonchev–Trinajstić information content (AvgIpc) is 3.23. The molecule has 2 aromatic heterocycles. The third-order valence-electron chi connectivity index (χ3n) is 5.21. The van der Waals surface area contributed by atoms with Gasteiger partial charge in [-0.25, -0.2) is 18.7 Å². The third-order valence-corrected chi connectivity index (χ3v) is 5.21. The number of aromatic nitrogens is 3. The Hall–Kier alpha value is -3.38. The van der Waals surface area contributed by atoms with Gasteiger partial charge in [-0.05, 0) is 11.6 Å². The molecule has 12 heteroatoms. The van der Waals surface area contributed by atoms with Crippen molar-refractivity contribution in [3.8, 4) is 5.82 Å². The van der Waals surface area contributed by atoms with Crippen molar-refractivity contribution in [1.29, 1.82) is 0 Å². The Morgan fingerprint density at radius 1 is 1.15 bits per heavy atom. The molecule has 0 unspecified atom stereocenters. The summed E-state index contributed by atoms with van der Waals surface area (Å²) >= 11 is 0. The summed E-state index contributed by atoms with van der Waals surface area (Å²) in [5, 5.41) is 2.32. The molecule has 1 fully saturated rings. The standard InChI is InChI=1S/C22H20F5N5O2/c23-18-9-15(30-19(33)8-14-2-1-3-17(20(14)24)22(25,26)27)10-28-21(18)32-12-16(29-13-32)11-31-4-6-34-7-5-31/h1-3,9-10,12-13H,4-8,11H2,(H,30,33). The highest BCUT2D eigenvalue weighted by atomic mass is 19.4. The first-order valence-corrected chi connectivity index (χ1v) is 10.3. The first-order valence-electron chi connectivity index (χ1n) is 10.3. The zero-order valence-electron chi connectivity index (χ0n) is 17.8. The van der Waals surface area contributed by atoms with Crippen LogP contribution in [0.2, 0.25) is 0 Å². The number of benzene rings is 1. The summed E-state index contributed by atoms with van der Waals surface area (Å²) in [6.07, 6.45) is -1.27. The highest BCUT2D eigenvalue weighted by Gasteiger charge is 2.35. The number of hydrogen-bond donors (Lipinski definition) is 1. The third kappa shape index (κ3) is 5.57. The summed E-state index contributed by atoms with van der Waals surface area (Å²) in [6.45, 7) is 3.42. The molecule has 1 aliphatic heterocycles. The number of pyridine rings is 1. The van der Waals surface area contributed by atoms with Gasteiger partial charge in [0, 0.05) is 31.9 Å². The molecule has 1 aromatic carbocycles. The van der Waals surface area contributed by atoms with Gasteiger partial charge in [0.2, 0.25) is 5.91 Å². The fourth-order valence-electron chi connectivity index (χ4n) is 3.55. The van der Waals surface area contributed by atoms with Gasteiger partial charge in [-0.15, -0.1) is 0 Å². The molecular weight excluding hydrogens is 461 g/mol. The number of rotatable bonds is 6. The highest BCUT2D eigenvalue weighted by Crippen LogP contribution is 2.32. The van der Waals surface area contributed by atoms with Crippen LogP contribution >= 0.6 is 0 Å². The number of anilines is 1. The van der Waals surface area contributed by atoms with Gasteiger partial charge in [0.25, 0.3) is 0 Å². The fourth-order valence-corrected chi connectivity index (χ4v) is 3.55. The summed E-state index contributed by atoms with van der Waals surface area (Å²) in [4.78, 5) is 22.7. The van der Waals surface area contributed by atoms with Crippen LogP contribution in [0.5, 0.6) is 0 Å². The van der Waals surface area contributed by atoms with Gasteiger partial charge in [-0.2, -0.15) is 13.2 Å². The van der Waals surface area contributed by atoms with Crippen LogP contribution in [-0.2, 0) is 28.7 Å². The predicted octanol–water partition coefficient (Wildman–Crippen LogP) is 3.58. The lowest BCUT2D eigenvalue weighted by Crippen LogP contribution is -2.35. The maximum atomic E-state index is 14.7. The first kappa shape index (κ1) is 23.8. The van der Waals surface area contributed by atoms with Crippen LogP contribution in [0, 0.1) is 11.6 Å². The molecule has 0 spiro atoms. The number of imidazole rings is 1. The number of nitrogens with zero attached hydrogens (tertiary/aromatic N) is 4. The minimum Gasteiger partial charge on any atom is -0.379 e. The van der Waals surface area contributed by atoms with Crippen LogP contribution in [0.3, 0.4) is 0 Å². The van der Waals surface area contributed by atoms with E-state index < -0.39 is 41.3 Å². The molecule has 1 aliphatic rings. The van der Waals surface area contributed by atoms with Crippen molar-refractivity contribution >= 4 is 11.6 Å². The molecule has 7 nitrogen and oxygen atoms in total. The van der Waals surface area contributed by atoms with Crippen molar-refractivity contribution in [2.75, 3.05) is 31.6 Å². The van der Waals surface area contributed by atoms with Crippen LogP contribution < -0.4 is 5.32 Å². The molecule has 1 amide bonds. The van der Waals surface area contributed by atoms with E-state index >= 15 is 0 Å². The number of hydrogen-bond acceptors (Lipinski definition) is 5. The lowest BCUT2D eigenvalue weighted by atomic mass is 10.1. The molecule has 180 valence electrons. The zero-order chi connectivity index (χ0) is 24.3. The topological polar surface area (TPSA) is 72.3 Å². The minimum absolute atomic E-state index is 0.0210. The van der Waals surface area contributed by atoms with E-state index in [1.165, 1.54) is 17.1 Å². The highest BCUT2D eigenvalue weighted by molar-refractivity contribution is 5.92. The quantitative estimate of drug-likeness (QED) is 0.545. The van der Waals surface area contributed by atoms with E-state index in [9.17, 15) is 26.7 Å². The number of ether oxygens (including phenoxy) is 1. The monoisotopic (exact) mass is 481 g/mol. The summed E-state index contributed by atoms with van der Waals surface area (Å²) in [6, 6.07) is 3.71. The van der Waals surface area contributed by atoms with Crippen molar-refractivity contribution < 1.29 is 31.5 Å². The van der Waals surface area contributed by atoms with E-state index in [1.54, 1.807) is 6.20 Å². The lowest BCUT2D eigenvalue weighted by Gasteiger charge is -2.25. The second-order valence-corrected chi connectivity index (χ2v) is 7.69. The van der Waals surface area contributed by atoms with Crippen LogP contribution in [0.15, 0.2) is 43.0 Å². The van der Waals surface area contributed by atoms with Crippen LogP contribution in [0.25, 0.3) is 5.82 Å². The maximum absolute atomic E-state index is 14.7. The van der Waals surface area contributed by atoms with Crippen molar-refractivity contribution in [2.24, 2.45) is 0 Å². The second-order valence-electron chi connectivity index (χ2n) is 7.69. The molecule has 0 bridgehead atoms. The smallest absolute Gasteiger partial charge is 0.379 e. The summed E-state index contributed by atoms with van der Waals surface area (Å²) in [5.41, 5.74) is -1.18. The Labute approximate surface area is 191 Å². The van der Waals surface area contributed by atoms with Gasteiger partial charge in [0.15, 0.2) is 11.6 Å². The Kier molecular flexibility index (Phi) is 6.89. The SMILES string of the molecule is O=C(Cc1cccc(C(F)(F)F)c1F)Nc1cnc(-n2cnc(CN3CCOCC3)c2)c(F)c1. The zero-order valence-corrected chi connectivity index (χ0v) is 17.8. The van der Waals surface area contributed by atoms with Crippen LogP contribution in [0.4, 0.5) is 27.6 Å². The van der Waals surface area contributed by atoms with E-state index in [-0.39, 0.29) is 11.5 Å². The van der Waals surface area contributed by atoms with Gasteiger partial charge in [-0.1, -0.05) is 12.1 Å². The van der Waals surface area contributed by atoms with Crippen molar-refractivity contribution in [1.82, 2.24) is 19.4 Å². The number of alkyl halides is 3. The molecule has 0 radical (unpaired) electrons. The molecule has 0 aliphatic carbocycles. The van der Waals surface area contributed by atoms with Crippen molar-refractivity contribution in [3.05, 3.63) is 71.4 Å². The van der Waals surface area contributed by atoms with E-state index in [4.69, 9.17) is 4.74 Å². The molecule has 0 atom stereocenters. The number of morpholine rings is 1. The average molecular weight is 481 g/mol. The number of carbonyl (C=O) groups is 1. The van der Waals surface area contributed by atoms with E-state index in [0.717, 1.165) is 37.0 Å². The minimum atomic E-state index is -4.88. The molecule has 3 aromatic rings. The summed E-state index contributed by atoms with van der Waals surface area (Å²) in [5.74, 6) is -3.12. The Bertz CT molecular complexity index is 1170. The molecular formula is C22H20F5N5O2. The Balaban J connectivity index is 1.41. The molecule has 1 N–H and O–H groups in total. The van der Waals surface area contributed by atoms with Gasteiger partial charge in [0.05, 0.1) is 42.8 Å². The number of halogens is 5. The van der Waals surface area contributed by atoms with E-state index in [0.29, 0.717) is 25.8 Å². The number of amides is 1. The molecule has 4 rings (SSSR count). The first-order chi connectivity index (χ1) is 16.2. The van der Waals surface area contributed by atoms with Crippen molar-refractivity contribution in [3.63, 3.8) is 0 Å². The number of nitrogens with one attached hydrogen (secondary N) is 1.